The zero-order chi connectivity index (χ0) is 28.6. The zero-order valence-electron chi connectivity index (χ0n) is 23.1. The van der Waals surface area contributed by atoms with Crippen molar-refractivity contribution >= 4 is 5.84 Å². The molecule has 2 aromatic rings. The summed E-state index contributed by atoms with van der Waals surface area (Å²) in [7, 11) is 3.49. The molecule has 5 rings (SSSR count). The Balaban J connectivity index is 1.51. The highest BCUT2D eigenvalue weighted by Gasteiger charge is 2.38. The maximum atomic E-state index is 14.3. The van der Waals surface area contributed by atoms with Crippen LogP contribution >= 0.6 is 0 Å². The second-order valence-corrected chi connectivity index (χ2v) is 10.4. The van der Waals surface area contributed by atoms with Gasteiger partial charge in [0.1, 0.15) is 17.3 Å². The topological polar surface area (TPSA) is 66.1 Å². The predicted molar refractivity (Wildman–Crippen MR) is 151 cm³/mol. The fraction of sp³-hybridized carbons (Fsp3) is 0.355. The molecule has 9 heteroatoms. The molecule has 40 heavy (non-hydrogen) atoms. The molecule has 1 saturated heterocycles. The number of nitrogens with zero attached hydrogens (tertiary/aromatic N) is 5. The second kappa shape index (κ2) is 11.2. The molecular formula is C31H35F2N5O2. The van der Waals surface area contributed by atoms with Crippen LogP contribution in [-0.2, 0) is 11.8 Å². The average molecular weight is 548 g/mol. The van der Waals surface area contributed by atoms with Gasteiger partial charge in [0.25, 0.3) is 0 Å². The number of methoxy groups -OCH3 is 1. The number of aliphatic imine (C=N–C) groups is 1. The van der Waals surface area contributed by atoms with Crippen LogP contribution in [0.1, 0.15) is 43.5 Å². The van der Waals surface area contributed by atoms with Gasteiger partial charge < -0.3 is 14.7 Å². The van der Waals surface area contributed by atoms with Gasteiger partial charge in [-0.3, -0.25) is 9.58 Å². The summed E-state index contributed by atoms with van der Waals surface area (Å²) in [5.41, 5.74) is 2.23. The fourth-order valence-corrected chi connectivity index (χ4v) is 6.02. The Labute approximate surface area is 233 Å². The normalized spacial score (nSPS) is 22.0. The number of aliphatic hydroxyl groups excluding tert-OH is 1. The van der Waals surface area contributed by atoms with Gasteiger partial charge in [-0.25, -0.2) is 13.8 Å². The number of aryl methyl sites for hydroxylation is 1. The van der Waals surface area contributed by atoms with Crippen molar-refractivity contribution in [3.8, 4) is 0 Å². The number of allylic oxidation sites excluding steroid dienone is 4. The molecule has 0 radical (unpaired) electrons. The molecule has 7 nitrogen and oxygen atoms in total. The molecule has 2 aliphatic heterocycles. The van der Waals surface area contributed by atoms with Gasteiger partial charge in [0, 0.05) is 44.0 Å². The first-order chi connectivity index (χ1) is 19.2. The van der Waals surface area contributed by atoms with Gasteiger partial charge in [0.05, 0.1) is 30.2 Å². The summed E-state index contributed by atoms with van der Waals surface area (Å²) in [5.74, 6) is 0.460. The molecule has 1 aromatic carbocycles. The Hall–Kier alpha value is -4.14. The van der Waals surface area contributed by atoms with Crippen molar-refractivity contribution in [3.05, 3.63) is 113 Å². The van der Waals surface area contributed by atoms with Crippen molar-refractivity contribution in [1.82, 2.24) is 19.6 Å². The molecule has 3 aliphatic rings. The van der Waals surface area contributed by atoms with Crippen LogP contribution in [0.2, 0.25) is 0 Å². The number of halogens is 2. The van der Waals surface area contributed by atoms with Gasteiger partial charge in [-0.2, -0.15) is 5.10 Å². The van der Waals surface area contributed by atoms with Gasteiger partial charge in [-0.15, -0.1) is 0 Å². The fourth-order valence-electron chi connectivity index (χ4n) is 6.02. The van der Waals surface area contributed by atoms with Crippen LogP contribution in [0.5, 0.6) is 0 Å². The maximum absolute atomic E-state index is 14.3. The summed E-state index contributed by atoms with van der Waals surface area (Å²) in [6.45, 7) is 11.9. The van der Waals surface area contributed by atoms with E-state index in [1.807, 2.05) is 19.1 Å². The Kier molecular flexibility index (Phi) is 7.65. The second-order valence-electron chi connectivity index (χ2n) is 10.4. The van der Waals surface area contributed by atoms with Crippen molar-refractivity contribution in [1.29, 1.82) is 0 Å². The summed E-state index contributed by atoms with van der Waals surface area (Å²) < 4.78 is 35.9. The third-order valence-corrected chi connectivity index (χ3v) is 7.97. The SMILES string of the molecule is C=C1N=C(c2ccn(C)n2)N([C@@H](CC)c2cc(F)cc(F)c2)C(O)=C1C(=C)N1CCC(C2CC=CC=C2OC)C1. The Morgan fingerprint density at radius 3 is 2.65 bits per heavy atom. The monoisotopic (exact) mass is 547 g/mol. The summed E-state index contributed by atoms with van der Waals surface area (Å²) in [6, 6.07) is 4.54. The van der Waals surface area contributed by atoms with Crippen molar-refractivity contribution in [2.75, 3.05) is 20.2 Å². The summed E-state index contributed by atoms with van der Waals surface area (Å²) in [6.07, 6.45) is 10.3. The average Bonchev–Trinajstić information content (AvgIpc) is 3.59. The molecule has 210 valence electrons. The molecule has 3 heterocycles. The van der Waals surface area contributed by atoms with Gasteiger partial charge in [0.15, 0.2) is 5.84 Å². The number of hydrogen-bond acceptors (Lipinski definition) is 6. The van der Waals surface area contributed by atoms with E-state index in [1.54, 1.807) is 36.0 Å². The molecular weight excluding hydrogens is 512 g/mol. The quantitative estimate of drug-likeness (QED) is 0.430. The van der Waals surface area contributed by atoms with Crippen molar-refractivity contribution in [2.24, 2.45) is 23.9 Å². The van der Waals surface area contributed by atoms with E-state index in [0.29, 0.717) is 46.4 Å². The van der Waals surface area contributed by atoms with E-state index < -0.39 is 17.7 Å². The van der Waals surface area contributed by atoms with Crippen LogP contribution in [0, 0.1) is 23.5 Å². The molecule has 0 saturated carbocycles. The van der Waals surface area contributed by atoms with Crippen LogP contribution in [0.3, 0.4) is 0 Å². The number of aliphatic hydroxyl groups is 1. The van der Waals surface area contributed by atoms with Crippen molar-refractivity contribution in [2.45, 2.75) is 32.2 Å². The van der Waals surface area contributed by atoms with Gasteiger partial charge in [-0.05, 0) is 55.0 Å². The number of benzene rings is 1. The van der Waals surface area contributed by atoms with E-state index in [-0.39, 0.29) is 11.8 Å². The van der Waals surface area contributed by atoms with Gasteiger partial charge >= 0.3 is 0 Å². The third kappa shape index (κ3) is 5.08. The van der Waals surface area contributed by atoms with Crippen LogP contribution in [0.4, 0.5) is 8.78 Å². The van der Waals surface area contributed by atoms with Crippen LogP contribution in [-0.4, -0.2) is 50.7 Å². The lowest BCUT2D eigenvalue weighted by molar-refractivity contribution is 0.201. The predicted octanol–water partition coefficient (Wildman–Crippen LogP) is 6.14. The number of rotatable bonds is 8. The zero-order valence-corrected chi connectivity index (χ0v) is 23.1. The summed E-state index contributed by atoms with van der Waals surface area (Å²) in [4.78, 5) is 8.53. The Morgan fingerprint density at radius 1 is 1.25 bits per heavy atom. The van der Waals surface area contributed by atoms with Gasteiger partial charge in [-0.1, -0.05) is 32.2 Å². The molecule has 1 N–H and O–H groups in total. The standard InChI is InChI=1S/C31H35F2N5O2/c1-6-27(22-15-23(32)17-24(33)16-22)38-30(26-12-13-36(4)35-26)34-19(2)29(31(38)39)20(3)37-14-11-21(18-37)25-9-7-8-10-28(25)40-5/h7-8,10,12-13,15-17,21,25,27,39H,2-3,6,9,11,14,18H2,1,4-5H3/t21?,25?,27-/m0/s1. The molecule has 3 atom stereocenters. The molecule has 0 bridgehead atoms. The number of amidine groups is 1. The molecule has 0 spiro atoms. The first-order valence-corrected chi connectivity index (χ1v) is 13.5. The third-order valence-electron chi connectivity index (χ3n) is 7.97. The largest absolute Gasteiger partial charge is 0.501 e. The van der Waals surface area contributed by atoms with E-state index in [9.17, 15) is 13.9 Å². The minimum absolute atomic E-state index is 0.122. The lowest BCUT2D eigenvalue weighted by Gasteiger charge is -2.38. The molecule has 1 fully saturated rings. The van der Waals surface area contributed by atoms with Crippen LogP contribution < -0.4 is 0 Å². The summed E-state index contributed by atoms with van der Waals surface area (Å²) >= 11 is 0. The van der Waals surface area contributed by atoms with Crippen molar-refractivity contribution < 1.29 is 18.6 Å². The first-order valence-electron chi connectivity index (χ1n) is 13.5. The smallest absolute Gasteiger partial charge is 0.205 e. The lowest BCUT2D eigenvalue weighted by atomic mass is 9.85. The van der Waals surface area contributed by atoms with Crippen LogP contribution in [0.25, 0.3) is 0 Å². The van der Waals surface area contributed by atoms with E-state index in [2.05, 4.69) is 29.2 Å². The lowest BCUT2D eigenvalue weighted by Crippen LogP contribution is -2.39. The molecule has 2 unspecified atom stereocenters. The van der Waals surface area contributed by atoms with Gasteiger partial charge in [0.2, 0.25) is 5.88 Å². The Bertz CT molecular complexity index is 1430. The summed E-state index contributed by atoms with van der Waals surface area (Å²) in [5, 5.41) is 16.4. The number of hydrogen-bond donors (Lipinski definition) is 1. The first kappa shape index (κ1) is 27.4. The number of aromatic nitrogens is 2. The highest BCUT2D eigenvalue weighted by molar-refractivity contribution is 6.00. The van der Waals surface area contributed by atoms with Crippen molar-refractivity contribution in [3.63, 3.8) is 0 Å². The number of ether oxygens (including phenoxy) is 1. The highest BCUT2D eigenvalue weighted by Crippen LogP contribution is 2.41. The minimum atomic E-state index is -0.690. The Morgan fingerprint density at radius 2 is 2.00 bits per heavy atom. The molecule has 1 aromatic heterocycles. The van der Waals surface area contributed by atoms with E-state index in [4.69, 9.17) is 9.73 Å². The maximum Gasteiger partial charge on any atom is 0.205 e. The van der Waals surface area contributed by atoms with E-state index in [0.717, 1.165) is 37.8 Å². The van der Waals surface area contributed by atoms with E-state index in [1.165, 1.54) is 12.1 Å². The molecule has 1 aliphatic carbocycles. The minimum Gasteiger partial charge on any atom is -0.501 e. The van der Waals surface area contributed by atoms with E-state index >= 15 is 0 Å². The number of likely N-dealkylation sites (tertiary alicyclic amines) is 1. The highest BCUT2D eigenvalue weighted by atomic mass is 19.1. The molecule has 0 amide bonds. The van der Waals surface area contributed by atoms with Crippen LogP contribution in [0.15, 0.2) is 95.5 Å².